The van der Waals surface area contributed by atoms with Crippen molar-refractivity contribution < 1.29 is 28.9 Å². The van der Waals surface area contributed by atoms with E-state index >= 15 is 0 Å². The van der Waals surface area contributed by atoms with Gasteiger partial charge >= 0.3 is 11.9 Å². The first-order valence-corrected chi connectivity index (χ1v) is 20.8. The third-order valence-electron chi connectivity index (χ3n) is 9.17. The zero-order valence-corrected chi connectivity index (χ0v) is 33.0. The molecule has 0 radical (unpaired) electrons. The highest BCUT2D eigenvalue weighted by atomic mass is 16.6. The lowest BCUT2D eigenvalue weighted by Crippen LogP contribution is -2.28. The van der Waals surface area contributed by atoms with Crippen molar-refractivity contribution in [3.63, 3.8) is 0 Å². The molecular formula is C45H76O6. The molecule has 2 unspecified atom stereocenters. The van der Waals surface area contributed by atoms with Crippen LogP contribution in [0.1, 0.15) is 175 Å². The van der Waals surface area contributed by atoms with Gasteiger partial charge in [-0.15, -0.1) is 0 Å². The molecule has 1 aliphatic rings. The normalized spacial score (nSPS) is 16.9. The Bertz CT molecular complexity index is 977. The van der Waals surface area contributed by atoms with Crippen molar-refractivity contribution in [3.8, 4) is 0 Å². The van der Waals surface area contributed by atoms with Gasteiger partial charge in [0.2, 0.25) is 0 Å². The summed E-state index contributed by atoms with van der Waals surface area (Å²) < 4.78 is 16.2. The fourth-order valence-corrected chi connectivity index (χ4v) is 5.92. The first kappa shape index (κ1) is 46.6. The van der Waals surface area contributed by atoms with Gasteiger partial charge in [0.05, 0.1) is 18.8 Å². The summed E-state index contributed by atoms with van der Waals surface area (Å²) in [5, 5.41) is 9.56. The van der Waals surface area contributed by atoms with Crippen LogP contribution in [0, 0.1) is 5.92 Å². The lowest BCUT2D eigenvalue weighted by molar-refractivity contribution is -0.161. The van der Waals surface area contributed by atoms with Crippen molar-refractivity contribution in [2.45, 2.75) is 193 Å². The van der Waals surface area contributed by atoms with Gasteiger partial charge in [0.15, 0.2) is 6.10 Å². The summed E-state index contributed by atoms with van der Waals surface area (Å²) in [7, 11) is 0. The van der Waals surface area contributed by atoms with Gasteiger partial charge in [-0.1, -0.05) is 171 Å². The maximum Gasteiger partial charge on any atom is 0.306 e. The van der Waals surface area contributed by atoms with Crippen LogP contribution in [-0.4, -0.2) is 48.6 Å². The minimum absolute atomic E-state index is 0.0996. The van der Waals surface area contributed by atoms with Gasteiger partial charge in [0, 0.05) is 12.8 Å². The third kappa shape index (κ3) is 32.0. The van der Waals surface area contributed by atoms with Gasteiger partial charge in [0.25, 0.3) is 0 Å². The summed E-state index contributed by atoms with van der Waals surface area (Å²) >= 11 is 0. The third-order valence-corrected chi connectivity index (χ3v) is 9.17. The van der Waals surface area contributed by atoms with E-state index in [4.69, 9.17) is 14.2 Å². The number of carbonyl (C=O) groups excluding carboxylic acids is 2. The monoisotopic (exact) mass is 713 g/mol. The van der Waals surface area contributed by atoms with E-state index < -0.39 is 12.1 Å². The zero-order chi connectivity index (χ0) is 37.0. The molecule has 6 nitrogen and oxygen atoms in total. The number of carbonyl (C=O) groups is 2. The summed E-state index contributed by atoms with van der Waals surface area (Å²) in [6.45, 7) is 6.31. The number of hydrogen-bond donors (Lipinski definition) is 1. The molecule has 292 valence electrons. The Morgan fingerprint density at radius 3 is 1.59 bits per heavy atom. The van der Waals surface area contributed by atoms with E-state index in [2.05, 4.69) is 69.4 Å². The number of aliphatic hydroxyl groups excluding tert-OH is 1. The summed E-state index contributed by atoms with van der Waals surface area (Å²) in [5.41, 5.74) is 0. The van der Waals surface area contributed by atoms with E-state index in [1.165, 1.54) is 77.0 Å². The van der Waals surface area contributed by atoms with E-state index in [1.807, 2.05) is 12.2 Å². The van der Waals surface area contributed by atoms with E-state index in [0.29, 0.717) is 25.0 Å². The number of esters is 2. The van der Waals surface area contributed by atoms with Gasteiger partial charge in [-0.2, -0.15) is 0 Å². The number of hydrogen-bond acceptors (Lipinski definition) is 6. The summed E-state index contributed by atoms with van der Waals surface area (Å²) in [4.78, 5) is 24.3. The highest BCUT2D eigenvalue weighted by Crippen LogP contribution is 2.29. The molecule has 0 spiro atoms. The van der Waals surface area contributed by atoms with Crippen LogP contribution in [0.4, 0.5) is 0 Å². The van der Waals surface area contributed by atoms with Crippen molar-refractivity contribution in [2.75, 3.05) is 13.2 Å². The molecular weight excluding hydrogens is 636 g/mol. The van der Waals surface area contributed by atoms with E-state index in [9.17, 15) is 14.7 Å². The molecule has 1 saturated heterocycles. The van der Waals surface area contributed by atoms with Crippen molar-refractivity contribution in [3.05, 3.63) is 60.8 Å². The second-order valence-electron chi connectivity index (χ2n) is 14.6. The van der Waals surface area contributed by atoms with Crippen LogP contribution in [-0.2, 0) is 23.8 Å². The highest BCUT2D eigenvalue weighted by molar-refractivity contribution is 5.70. The van der Waals surface area contributed by atoms with Crippen molar-refractivity contribution in [1.29, 1.82) is 0 Å². The molecule has 0 saturated carbocycles. The summed E-state index contributed by atoms with van der Waals surface area (Å²) in [5.74, 6) is 0.153. The van der Waals surface area contributed by atoms with Gasteiger partial charge in [-0.25, -0.2) is 0 Å². The Morgan fingerprint density at radius 1 is 0.608 bits per heavy atom. The molecule has 0 aromatic carbocycles. The van der Waals surface area contributed by atoms with E-state index in [1.54, 1.807) is 0 Å². The molecule has 0 bridgehead atoms. The Kier molecular flexibility index (Phi) is 31.6. The minimum Gasteiger partial charge on any atom is -0.462 e. The second kappa shape index (κ2) is 34.6. The first-order chi connectivity index (χ1) is 25.0. The summed E-state index contributed by atoms with van der Waals surface area (Å²) in [6.07, 6.45) is 47.6. The Morgan fingerprint density at radius 2 is 1.08 bits per heavy atom. The maximum absolute atomic E-state index is 12.2. The maximum atomic E-state index is 12.2. The standard InChI is InChI=1S/C45H76O6/c1-4-5-28-34-42-43(51-42)35-30-25-21-17-13-10-11-15-19-23-27-32-37-45(48)50-41(38-46)39-49-44(47)36-31-26-22-18-14-9-7-6-8-12-16-20-24-29-33-40(2)3/h5,11,13,15,17,23,25,27-28,30,40-43,46H,4,6-10,12,14,16,18-22,24,26,29,31-39H2,1-3H3/b15-11-,17-13-,27-23-,28-5-,30-25-/t41-,42?,43?/m0/s1. The smallest absolute Gasteiger partial charge is 0.306 e. The lowest BCUT2D eigenvalue weighted by atomic mass is 10.0. The molecule has 0 aliphatic carbocycles. The molecule has 6 heteroatoms. The Hall–Kier alpha value is -2.44. The second-order valence-corrected chi connectivity index (χ2v) is 14.6. The van der Waals surface area contributed by atoms with E-state index in [-0.39, 0.29) is 25.6 Å². The van der Waals surface area contributed by atoms with Crippen molar-refractivity contribution in [1.82, 2.24) is 0 Å². The van der Waals surface area contributed by atoms with Gasteiger partial charge in [0.1, 0.15) is 6.61 Å². The number of aliphatic hydroxyl groups is 1. The highest BCUT2D eigenvalue weighted by Gasteiger charge is 2.35. The Labute approximate surface area is 313 Å². The Balaban J connectivity index is 1.92. The number of ether oxygens (including phenoxy) is 3. The molecule has 51 heavy (non-hydrogen) atoms. The average Bonchev–Trinajstić information content (AvgIpc) is 3.87. The van der Waals surface area contributed by atoms with E-state index in [0.717, 1.165) is 63.7 Å². The number of epoxide rings is 1. The quantitative estimate of drug-likeness (QED) is 0.0305. The van der Waals surface area contributed by atoms with Crippen LogP contribution in [0.15, 0.2) is 60.8 Å². The minimum atomic E-state index is -0.816. The topological polar surface area (TPSA) is 85.4 Å². The van der Waals surface area contributed by atoms with Crippen LogP contribution in [0.3, 0.4) is 0 Å². The van der Waals surface area contributed by atoms with Gasteiger partial charge in [-0.3, -0.25) is 9.59 Å². The predicted octanol–water partition coefficient (Wildman–Crippen LogP) is 12.0. The molecule has 0 aromatic rings. The first-order valence-electron chi connectivity index (χ1n) is 20.8. The van der Waals surface area contributed by atoms with Crippen molar-refractivity contribution in [2.24, 2.45) is 5.92 Å². The van der Waals surface area contributed by atoms with Crippen LogP contribution < -0.4 is 0 Å². The number of unbranched alkanes of at least 4 members (excludes halogenated alkanes) is 13. The average molecular weight is 713 g/mol. The molecule has 1 rings (SSSR count). The molecule has 1 fully saturated rings. The van der Waals surface area contributed by atoms with Crippen LogP contribution in [0.5, 0.6) is 0 Å². The number of allylic oxidation sites excluding steroid dienone is 8. The van der Waals surface area contributed by atoms with Crippen LogP contribution >= 0.6 is 0 Å². The largest absolute Gasteiger partial charge is 0.462 e. The van der Waals surface area contributed by atoms with Crippen molar-refractivity contribution >= 4 is 11.9 Å². The molecule has 0 aromatic heterocycles. The summed E-state index contributed by atoms with van der Waals surface area (Å²) in [6, 6.07) is 0. The van der Waals surface area contributed by atoms with Gasteiger partial charge < -0.3 is 19.3 Å². The number of rotatable bonds is 35. The van der Waals surface area contributed by atoms with Crippen LogP contribution in [0.2, 0.25) is 0 Å². The lowest BCUT2D eigenvalue weighted by Gasteiger charge is -2.15. The fourth-order valence-electron chi connectivity index (χ4n) is 5.92. The molecule has 1 N–H and O–H groups in total. The molecule has 1 aliphatic heterocycles. The molecule has 0 amide bonds. The fraction of sp³-hybridized carbons (Fsp3) is 0.733. The molecule has 3 atom stereocenters. The van der Waals surface area contributed by atoms with Gasteiger partial charge in [-0.05, 0) is 57.3 Å². The predicted molar refractivity (Wildman–Crippen MR) is 214 cm³/mol. The van der Waals surface area contributed by atoms with Crippen LogP contribution in [0.25, 0.3) is 0 Å². The SMILES string of the molecule is CC/C=C\CC1OC1C/C=C\C/C=C\C/C=C\C/C=C\CCC(=O)O[C@@H](CO)COC(=O)CCCCCCCCCCCCCCCCC(C)C. The zero-order valence-electron chi connectivity index (χ0n) is 33.0. The molecule has 1 heterocycles.